The van der Waals surface area contributed by atoms with Gasteiger partial charge >= 0.3 is 0 Å². The van der Waals surface area contributed by atoms with E-state index in [4.69, 9.17) is 9.47 Å². The molecule has 2 aromatic carbocycles. The van der Waals surface area contributed by atoms with E-state index in [1.54, 1.807) is 0 Å². The van der Waals surface area contributed by atoms with Crippen molar-refractivity contribution >= 4 is 34.5 Å². The van der Waals surface area contributed by atoms with E-state index < -0.39 is 0 Å². The van der Waals surface area contributed by atoms with Crippen LogP contribution in [0.5, 0.6) is 11.5 Å². The van der Waals surface area contributed by atoms with Gasteiger partial charge in [-0.05, 0) is 72.2 Å². The summed E-state index contributed by atoms with van der Waals surface area (Å²) < 4.78 is 12.6. The fourth-order valence-electron chi connectivity index (χ4n) is 2.12. The first-order valence-electron chi connectivity index (χ1n) is 7.84. The molecule has 0 unspecified atom stereocenters. The fraction of sp³-hybridized carbons (Fsp3) is 0.316. The standard InChI is InChI=1S/C19H22INO2/c1-4-10-23-19-16(20)11-15(12-18(19)22-5-2)13-21-17-9-7-6-8-14(17)3/h6-9,11-13H,4-5,10H2,1-3H3. The van der Waals surface area contributed by atoms with Crippen LogP contribution >= 0.6 is 22.6 Å². The van der Waals surface area contributed by atoms with E-state index in [2.05, 4.69) is 53.6 Å². The molecule has 0 aromatic heterocycles. The topological polar surface area (TPSA) is 30.8 Å². The number of hydrogen-bond acceptors (Lipinski definition) is 3. The van der Waals surface area contributed by atoms with Crippen LogP contribution in [0.25, 0.3) is 0 Å². The van der Waals surface area contributed by atoms with E-state index in [0.717, 1.165) is 38.3 Å². The Morgan fingerprint density at radius 2 is 1.91 bits per heavy atom. The first-order chi connectivity index (χ1) is 11.2. The average Bonchev–Trinajstić information content (AvgIpc) is 2.54. The molecule has 0 bridgehead atoms. The smallest absolute Gasteiger partial charge is 0.174 e. The van der Waals surface area contributed by atoms with Crippen LogP contribution in [0.15, 0.2) is 41.4 Å². The van der Waals surface area contributed by atoms with Gasteiger partial charge < -0.3 is 9.47 Å². The normalized spacial score (nSPS) is 11.0. The number of aliphatic imine (C=N–C) groups is 1. The highest BCUT2D eigenvalue weighted by Crippen LogP contribution is 2.34. The average molecular weight is 423 g/mol. The van der Waals surface area contributed by atoms with Gasteiger partial charge in [-0.15, -0.1) is 0 Å². The Morgan fingerprint density at radius 3 is 2.61 bits per heavy atom. The molecule has 0 aliphatic carbocycles. The molecule has 0 radical (unpaired) electrons. The van der Waals surface area contributed by atoms with Crippen molar-refractivity contribution in [1.82, 2.24) is 0 Å². The van der Waals surface area contributed by atoms with Crippen molar-refractivity contribution in [3.63, 3.8) is 0 Å². The van der Waals surface area contributed by atoms with Crippen LogP contribution in [0, 0.1) is 10.5 Å². The third kappa shape index (κ3) is 4.96. The molecule has 4 heteroatoms. The largest absolute Gasteiger partial charge is 0.490 e. The van der Waals surface area contributed by atoms with Crippen molar-refractivity contribution in [3.05, 3.63) is 51.1 Å². The highest BCUT2D eigenvalue weighted by Gasteiger charge is 2.11. The number of hydrogen-bond donors (Lipinski definition) is 0. The maximum Gasteiger partial charge on any atom is 0.174 e. The molecule has 0 amide bonds. The Bertz CT molecular complexity index is 683. The van der Waals surface area contributed by atoms with Gasteiger partial charge in [-0.1, -0.05) is 25.1 Å². The molecule has 0 aliphatic heterocycles. The summed E-state index contributed by atoms with van der Waals surface area (Å²) in [6.07, 6.45) is 2.84. The monoisotopic (exact) mass is 423 g/mol. The van der Waals surface area contributed by atoms with Crippen LogP contribution in [0.1, 0.15) is 31.4 Å². The van der Waals surface area contributed by atoms with Gasteiger partial charge in [-0.3, -0.25) is 4.99 Å². The second kappa shape index (κ2) is 8.91. The van der Waals surface area contributed by atoms with Crippen LogP contribution < -0.4 is 9.47 Å². The van der Waals surface area contributed by atoms with Gasteiger partial charge in [-0.2, -0.15) is 0 Å². The Kier molecular flexibility index (Phi) is 6.89. The van der Waals surface area contributed by atoms with Crippen LogP contribution in [-0.4, -0.2) is 19.4 Å². The number of para-hydroxylation sites is 1. The first-order valence-corrected chi connectivity index (χ1v) is 8.92. The van der Waals surface area contributed by atoms with Gasteiger partial charge in [0.25, 0.3) is 0 Å². The molecule has 0 spiro atoms. The number of rotatable bonds is 7. The maximum atomic E-state index is 5.83. The van der Waals surface area contributed by atoms with Gasteiger partial charge in [0.1, 0.15) is 0 Å². The molecule has 0 atom stereocenters. The van der Waals surface area contributed by atoms with Gasteiger partial charge in [0.15, 0.2) is 11.5 Å². The zero-order valence-electron chi connectivity index (χ0n) is 13.8. The van der Waals surface area contributed by atoms with Crippen molar-refractivity contribution in [2.75, 3.05) is 13.2 Å². The second-order valence-electron chi connectivity index (χ2n) is 5.16. The minimum atomic E-state index is 0.608. The highest BCUT2D eigenvalue weighted by atomic mass is 127. The molecule has 2 rings (SSSR count). The lowest BCUT2D eigenvalue weighted by atomic mass is 10.2. The summed E-state index contributed by atoms with van der Waals surface area (Å²) in [5.74, 6) is 1.60. The van der Waals surface area contributed by atoms with E-state index in [0.29, 0.717) is 13.2 Å². The molecule has 0 fully saturated rings. The van der Waals surface area contributed by atoms with Gasteiger partial charge in [0.2, 0.25) is 0 Å². The lowest BCUT2D eigenvalue weighted by Crippen LogP contribution is -2.02. The lowest BCUT2D eigenvalue weighted by molar-refractivity contribution is 0.275. The van der Waals surface area contributed by atoms with E-state index in [1.807, 2.05) is 37.4 Å². The van der Waals surface area contributed by atoms with Crippen LogP contribution in [0.4, 0.5) is 5.69 Å². The molecule has 3 nitrogen and oxygen atoms in total. The Morgan fingerprint density at radius 1 is 1.13 bits per heavy atom. The van der Waals surface area contributed by atoms with Crippen LogP contribution in [0.2, 0.25) is 0 Å². The SMILES string of the molecule is CCCOc1c(I)cc(C=Nc2ccccc2C)cc1OCC. The quantitative estimate of drug-likeness (QED) is 0.433. The summed E-state index contributed by atoms with van der Waals surface area (Å²) in [6, 6.07) is 12.1. The zero-order chi connectivity index (χ0) is 16.7. The number of aryl methyl sites for hydroxylation is 1. The van der Waals surface area contributed by atoms with Crippen molar-refractivity contribution in [3.8, 4) is 11.5 Å². The first kappa shape index (κ1) is 17.8. The minimum Gasteiger partial charge on any atom is -0.490 e. The van der Waals surface area contributed by atoms with Gasteiger partial charge in [0, 0.05) is 6.21 Å². The predicted molar refractivity (Wildman–Crippen MR) is 105 cm³/mol. The predicted octanol–water partition coefficient (Wildman–Crippen LogP) is 5.54. The molecule has 0 N–H and O–H groups in total. The third-order valence-corrected chi connectivity index (χ3v) is 4.05. The molecule has 23 heavy (non-hydrogen) atoms. The maximum absolute atomic E-state index is 5.83. The molecule has 0 aliphatic rings. The van der Waals surface area contributed by atoms with E-state index in [9.17, 15) is 0 Å². The summed E-state index contributed by atoms with van der Waals surface area (Å²) >= 11 is 2.29. The molecular weight excluding hydrogens is 401 g/mol. The van der Waals surface area contributed by atoms with Crippen molar-refractivity contribution in [1.29, 1.82) is 0 Å². The summed E-state index contributed by atoms with van der Waals surface area (Å²) in [4.78, 5) is 4.59. The van der Waals surface area contributed by atoms with E-state index >= 15 is 0 Å². The van der Waals surface area contributed by atoms with Gasteiger partial charge in [0.05, 0.1) is 22.5 Å². The Balaban J connectivity index is 2.31. The summed E-state index contributed by atoms with van der Waals surface area (Å²) in [7, 11) is 0. The molecule has 122 valence electrons. The van der Waals surface area contributed by atoms with Crippen molar-refractivity contribution in [2.24, 2.45) is 4.99 Å². The van der Waals surface area contributed by atoms with Gasteiger partial charge in [-0.25, -0.2) is 0 Å². The summed E-state index contributed by atoms with van der Waals surface area (Å²) in [6.45, 7) is 7.43. The van der Waals surface area contributed by atoms with Crippen molar-refractivity contribution in [2.45, 2.75) is 27.2 Å². The number of halogens is 1. The summed E-state index contributed by atoms with van der Waals surface area (Å²) in [5, 5.41) is 0. The van der Waals surface area contributed by atoms with E-state index in [-0.39, 0.29) is 0 Å². The molecular formula is C19H22INO2. The highest BCUT2D eigenvalue weighted by molar-refractivity contribution is 14.1. The molecule has 2 aromatic rings. The lowest BCUT2D eigenvalue weighted by Gasteiger charge is -2.14. The molecule has 0 saturated heterocycles. The fourth-order valence-corrected chi connectivity index (χ4v) is 2.90. The molecule has 0 heterocycles. The van der Waals surface area contributed by atoms with Crippen LogP contribution in [-0.2, 0) is 0 Å². The second-order valence-corrected chi connectivity index (χ2v) is 6.32. The number of benzene rings is 2. The Hall–Kier alpha value is -1.56. The van der Waals surface area contributed by atoms with Crippen LogP contribution in [0.3, 0.4) is 0 Å². The number of nitrogens with zero attached hydrogens (tertiary/aromatic N) is 1. The van der Waals surface area contributed by atoms with Crippen molar-refractivity contribution < 1.29 is 9.47 Å². The number of ether oxygens (including phenoxy) is 2. The zero-order valence-corrected chi connectivity index (χ0v) is 16.0. The summed E-state index contributed by atoms with van der Waals surface area (Å²) in [5.41, 5.74) is 3.14. The third-order valence-electron chi connectivity index (χ3n) is 3.25. The van der Waals surface area contributed by atoms with E-state index in [1.165, 1.54) is 0 Å². The molecule has 0 saturated carbocycles. The minimum absolute atomic E-state index is 0.608. The Labute approximate surface area is 151 Å².